The van der Waals surface area contributed by atoms with Crippen LogP contribution < -0.4 is 10.6 Å². The third-order valence-corrected chi connectivity index (χ3v) is 2.35. The summed E-state index contributed by atoms with van der Waals surface area (Å²) in [6.07, 6.45) is 4.93. The number of anilines is 1. The molecule has 16 heavy (non-hydrogen) atoms. The standard InChI is InChI=1S/C13H23N3/c1-4-6-14-9-12-5-7-15-10-13(12)16-8-11(2)3/h5,7,10-11,14,16H,4,6,8-9H2,1-3H3. The van der Waals surface area contributed by atoms with E-state index in [0.29, 0.717) is 5.92 Å². The lowest BCUT2D eigenvalue weighted by molar-refractivity contribution is 0.669. The van der Waals surface area contributed by atoms with Crippen LogP contribution in [0.25, 0.3) is 0 Å². The molecule has 0 aliphatic rings. The zero-order valence-electron chi connectivity index (χ0n) is 10.6. The van der Waals surface area contributed by atoms with Gasteiger partial charge < -0.3 is 10.6 Å². The van der Waals surface area contributed by atoms with E-state index in [0.717, 1.165) is 25.3 Å². The molecule has 2 N–H and O–H groups in total. The Hall–Kier alpha value is -1.09. The van der Waals surface area contributed by atoms with Crippen LogP contribution >= 0.6 is 0 Å². The second-order valence-electron chi connectivity index (χ2n) is 4.48. The van der Waals surface area contributed by atoms with Gasteiger partial charge in [-0.05, 0) is 30.5 Å². The van der Waals surface area contributed by atoms with Gasteiger partial charge in [0.25, 0.3) is 0 Å². The molecule has 0 spiro atoms. The Morgan fingerprint density at radius 2 is 2.19 bits per heavy atom. The molecule has 0 atom stereocenters. The van der Waals surface area contributed by atoms with E-state index in [9.17, 15) is 0 Å². The second-order valence-corrected chi connectivity index (χ2v) is 4.48. The van der Waals surface area contributed by atoms with E-state index < -0.39 is 0 Å². The summed E-state index contributed by atoms with van der Waals surface area (Å²) in [4.78, 5) is 4.16. The van der Waals surface area contributed by atoms with Gasteiger partial charge in [0, 0.05) is 19.3 Å². The van der Waals surface area contributed by atoms with Crippen LogP contribution in [-0.2, 0) is 6.54 Å². The largest absolute Gasteiger partial charge is 0.383 e. The van der Waals surface area contributed by atoms with E-state index in [1.807, 2.05) is 12.4 Å². The van der Waals surface area contributed by atoms with Crippen molar-refractivity contribution in [1.29, 1.82) is 0 Å². The van der Waals surface area contributed by atoms with E-state index in [4.69, 9.17) is 0 Å². The van der Waals surface area contributed by atoms with E-state index in [2.05, 4.69) is 42.5 Å². The Morgan fingerprint density at radius 1 is 1.38 bits per heavy atom. The molecule has 0 fully saturated rings. The first-order chi connectivity index (χ1) is 7.74. The van der Waals surface area contributed by atoms with Gasteiger partial charge >= 0.3 is 0 Å². The van der Waals surface area contributed by atoms with Crippen molar-refractivity contribution in [3.8, 4) is 0 Å². The number of rotatable bonds is 7. The topological polar surface area (TPSA) is 37.0 Å². The summed E-state index contributed by atoms with van der Waals surface area (Å²) in [6, 6.07) is 2.07. The number of nitrogens with one attached hydrogen (secondary N) is 2. The van der Waals surface area contributed by atoms with Crippen molar-refractivity contribution < 1.29 is 0 Å². The molecule has 90 valence electrons. The fourth-order valence-corrected chi connectivity index (χ4v) is 1.45. The van der Waals surface area contributed by atoms with Crippen LogP contribution in [0.1, 0.15) is 32.8 Å². The van der Waals surface area contributed by atoms with Crippen molar-refractivity contribution in [2.75, 3.05) is 18.4 Å². The van der Waals surface area contributed by atoms with E-state index >= 15 is 0 Å². The molecule has 3 heteroatoms. The predicted molar refractivity (Wildman–Crippen MR) is 69.6 cm³/mol. The Morgan fingerprint density at radius 3 is 2.88 bits per heavy atom. The molecule has 0 bridgehead atoms. The summed E-state index contributed by atoms with van der Waals surface area (Å²) in [6.45, 7) is 9.56. The van der Waals surface area contributed by atoms with E-state index in [1.165, 1.54) is 12.0 Å². The molecular weight excluding hydrogens is 198 g/mol. The summed E-state index contributed by atoms with van der Waals surface area (Å²) in [5.41, 5.74) is 2.45. The lowest BCUT2D eigenvalue weighted by Gasteiger charge is -2.13. The van der Waals surface area contributed by atoms with Crippen molar-refractivity contribution in [1.82, 2.24) is 10.3 Å². The zero-order valence-corrected chi connectivity index (χ0v) is 10.6. The lowest BCUT2D eigenvalue weighted by atomic mass is 10.2. The van der Waals surface area contributed by atoms with Crippen LogP contribution in [0.2, 0.25) is 0 Å². The summed E-state index contributed by atoms with van der Waals surface area (Å²) in [5, 5.41) is 6.85. The number of hydrogen-bond acceptors (Lipinski definition) is 3. The zero-order chi connectivity index (χ0) is 11.8. The molecule has 0 aromatic carbocycles. The highest BCUT2D eigenvalue weighted by molar-refractivity contribution is 5.48. The van der Waals surface area contributed by atoms with Crippen LogP contribution in [-0.4, -0.2) is 18.1 Å². The van der Waals surface area contributed by atoms with Gasteiger partial charge in [-0.1, -0.05) is 20.8 Å². The minimum atomic E-state index is 0.650. The van der Waals surface area contributed by atoms with Crippen molar-refractivity contribution in [2.45, 2.75) is 33.7 Å². The van der Waals surface area contributed by atoms with Gasteiger partial charge in [0.15, 0.2) is 0 Å². The molecule has 1 rings (SSSR count). The van der Waals surface area contributed by atoms with Gasteiger partial charge in [0.1, 0.15) is 0 Å². The molecule has 0 aliphatic carbocycles. The molecule has 0 radical (unpaired) electrons. The Kier molecular flexibility index (Phi) is 5.86. The van der Waals surface area contributed by atoms with Crippen molar-refractivity contribution in [2.24, 2.45) is 5.92 Å². The SMILES string of the molecule is CCCNCc1ccncc1NCC(C)C. The van der Waals surface area contributed by atoms with Gasteiger partial charge in [-0.3, -0.25) is 4.98 Å². The number of hydrogen-bond donors (Lipinski definition) is 2. The Balaban J connectivity index is 2.53. The fraction of sp³-hybridized carbons (Fsp3) is 0.615. The van der Waals surface area contributed by atoms with Crippen molar-refractivity contribution >= 4 is 5.69 Å². The van der Waals surface area contributed by atoms with Crippen LogP contribution in [0.5, 0.6) is 0 Å². The minimum absolute atomic E-state index is 0.650. The maximum atomic E-state index is 4.16. The van der Waals surface area contributed by atoms with Crippen LogP contribution in [0.3, 0.4) is 0 Å². The summed E-state index contributed by atoms with van der Waals surface area (Å²) in [7, 11) is 0. The quantitative estimate of drug-likeness (QED) is 0.695. The number of pyridine rings is 1. The third-order valence-electron chi connectivity index (χ3n) is 2.35. The van der Waals surface area contributed by atoms with Crippen LogP contribution in [0.15, 0.2) is 18.5 Å². The minimum Gasteiger partial charge on any atom is -0.383 e. The highest BCUT2D eigenvalue weighted by Gasteiger charge is 2.02. The molecular formula is C13H23N3. The smallest absolute Gasteiger partial charge is 0.0572 e. The summed E-state index contributed by atoms with van der Waals surface area (Å²) in [5.74, 6) is 0.650. The van der Waals surface area contributed by atoms with Crippen LogP contribution in [0, 0.1) is 5.92 Å². The molecule has 0 saturated heterocycles. The van der Waals surface area contributed by atoms with Gasteiger partial charge in [-0.2, -0.15) is 0 Å². The molecule has 0 unspecified atom stereocenters. The highest BCUT2D eigenvalue weighted by atomic mass is 14.9. The van der Waals surface area contributed by atoms with Gasteiger partial charge in [0.05, 0.1) is 11.9 Å². The summed E-state index contributed by atoms with van der Waals surface area (Å²) >= 11 is 0. The van der Waals surface area contributed by atoms with E-state index in [1.54, 1.807) is 0 Å². The molecule has 0 aliphatic heterocycles. The fourth-order valence-electron chi connectivity index (χ4n) is 1.45. The lowest BCUT2D eigenvalue weighted by Crippen LogP contribution is -2.16. The number of aromatic nitrogens is 1. The first-order valence-corrected chi connectivity index (χ1v) is 6.11. The van der Waals surface area contributed by atoms with Gasteiger partial charge in [0.2, 0.25) is 0 Å². The molecule has 1 heterocycles. The third kappa shape index (κ3) is 4.62. The highest BCUT2D eigenvalue weighted by Crippen LogP contribution is 2.13. The van der Waals surface area contributed by atoms with Crippen molar-refractivity contribution in [3.05, 3.63) is 24.0 Å². The van der Waals surface area contributed by atoms with E-state index in [-0.39, 0.29) is 0 Å². The van der Waals surface area contributed by atoms with Crippen LogP contribution in [0.4, 0.5) is 5.69 Å². The Bertz CT molecular complexity index is 297. The first-order valence-electron chi connectivity index (χ1n) is 6.11. The molecule has 0 amide bonds. The maximum absolute atomic E-state index is 4.16. The number of nitrogens with zero attached hydrogens (tertiary/aromatic N) is 1. The summed E-state index contributed by atoms with van der Waals surface area (Å²) < 4.78 is 0. The normalized spacial score (nSPS) is 10.8. The first kappa shape index (κ1) is 13.0. The molecule has 1 aromatic heterocycles. The van der Waals surface area contributed by atoms with Crippen molar-refractivity contribution in [3.63, 3.8) is 0 Å². The Labute approximate surface area is 98.7 Å². The molecule has 0 saturated carbocycles. The second kappa shape index (κ2) is 7.23. The van der Waals surface area contributed by atoms with Gasteiger partial charge in [-0.25, -0.2) is 0 Å². The van der Waals surface area contributed by atoms with Gasteiger partial charge in [-0.15, -0.1) is 0 Å². The predicted octanol–water partition coefficient (Wildman–Crippen LogP) is 2.65. The molecule has 1 aromatic rings. The monoisotopic (exact) mass is 221 g/mol. The maximum Gasteiger partial charge on any atom is 0.0572 e. The molecule has 3 nitrogen and oxygen atoms in total. The average molecular weight is 221 g/mol. The average Bonchev–Trinajstić information content (AvgIpc) is 2.28.